The first-order chi connectivity index (χ1) is 9.16. The van der Waals surface area contributed by atoms with Crippen molar-refractivity contribution in [3.05, 3.63) is 35.9 Å². The first-order valence-corrected chi connectivity index (χ1v) is 6.60. The molecule has 0 spiro atoms. The maximum atomic E-state index is 12.0. The topological polar surface area (TPSA) is 81.6 Å². The van der Waals surface area contributed by atoms with Gasteiger partial charge < -0.3 is 20.7 Å². The molecule has 6 heteroatoms. The lowest BCUT2D eigenvalue weighted by Gasteiger charge is -2.20. The molecule has 0 aromatic heterocycles. The summed E-state index contributed by atoms with van der Waals surface area (Å²) in [5.74, 6) is -0.844. The van der Waals surface area contributed by atoms with Crippen LogP contribution < -0.4 is 10.6 Å². The molecule has 1 amide bonds. The maximum absolute atomic E-state index is 12.0. The van der Waals surface area contributed by atoms with Crippen molar-refractivity contribution in [1.29, 1.82) is 0 Å². The highest BCUT2D eigenvalue weighted by Gasteiger charge is 2.29. The predicted octanol–water partition coefficient (Wildman–Crippen LogP) is -0.522. The van der Waals surface area contributed by atoms with E-state index in [2.05, 4.69) is 10.6 Å². The molecule has 1 saturated heterocycles. The average molecular weight is 262 g/mol. The van der Waals surface area contributed by atoms with Crippen molar-refractivity contribution in [2.24, 2.45) is 0 Å². The zero-order valence-electron chi connectivity index (χ0n) is 10.7. The molecule has 1 aliphatic rings. The van der Waals surface area contributed by atoms with Crippen LogP contribution in [0.25, 0.3) is 0 Å². The molecule has 102 valence electrons. The van der Waals surface area contributed by atoms with Gasteiger partial charge in [0.05, 0.1) is 12.0 Å². The smallest absolute Gasteiger partial charge is 0.426 e. The molecule has 0 radical (unpaired) electrons. The van der Waals surface area contributed by atoms with Crippen LogP contribution in [0.3, 0.4) is 0 Å². The second-order valence-electron chi connectivity index (χ2n) is 4.87. The van der Waals surface area contributed by atoms with Crippen LogP contribution in [0, 0.1) is 0 Å². The Morgan fingerprint density at radius 3 is 2.74 bits per heavy atom. The van der Waals surface area contributed by atoms with E-state index in [0.717, 1.165) is 24.9 Å². The number of benzene rings is 1. The van der Waals surface area contributed by atoms with Gasteiger partial charge in [-0.05, 0) is 31.4 Å². The Bertz CT molecular complexity index is 408. The van der Waals surface area contributed by atoms with Gasteiger partial charge in [-0.3, -0.25) is 4.79 Å². The Labute approximate surface area is 113 Å². The number of hydrogen-bond donors (Lipinski definition) is 4. The first kappa shape index (κ1) is 14.1. The van der Waals surface area contributed by atoms with Crippen LogP contribution in [0.15, 0.2) is 30.3 Å². The molecular formula is C13H19BN2O3. The van der Waals surface area contributed by atoms with Gasteiger partial charge in [0.15, 0.2) is 0 Å². The van der Waals surface area contributed by atoms with E-state index in [0.29, 0.717) is 6.42 Å². The summed E-state index contributed by atoms with van der Waals surface area (Å²) in [6, 6.07) is 9.25. The van der Waals surface area contributed by atoms with E-state index in [1.807, 2.05) is 30.3 Å². The molecule has 2 atom stereocenters. The average Bonchev–Trinajstić information content (AvgIpc) is 2.93. The number of amides is 1. The zero-order valence-corrected chi connectivity index (χ0v) is 10.7. The lowest BCUT2D eigenvalue weighted by Crippen LogP contribution is -2.52. The standard InChI is InChI=1S/C13H19BN2O3/c17-13(11-7-4-8-15-11)16-12(14(18)19)9-10-5-2-1-3-6-10/h1-3,5-6,11-12,15,18-19H,4,7-9H2,(H,16,17)/t11-,12-/m0/s1. The summed E-state index contributed by atoms with van der Waals surface area (Å²) in [5.41, 5.74) is 0.959. The van der Waals surface area contributed by atoms with Gasteiger partial charge in [0.1, 0.15) is 0 Å². The molecule has 1 fully saturated rings. The van der Waals surface area contributed by atoms with Crippen molar-refractivity contribution in [1.82, 2.24) is 10.6 Å². The lowest BCUT2D eigenvalue weighted by molar-refractivity contribution is -0.123. The maximum Gasteiger partial charge on any atom is 0.475 e. The van der Waals surface area contributed by atoms with Crippen molar-refractivity contribution in [3.63, 3.8) is 0 Å². The lowest BCUT2D eigenvalue weighted by atomic mass is 9.76. The molecule has 2 rings (SSSR count). The largest absolute Gasteiger partial charge is 0.475 e. The van der Waals surface area contributed by atoms with E-state index in [1.54, 1.807) is 0 Å². The third kappa shape index (κ3) is 4.06. The van der Waals surface area contributed by atoms with Gasteiger partial charge in [-0.2, -0.15) is 0 Å². The minimum Gasteiger partial charge on any atom is -0.426 e. The Kier molecular flexibility index (Phi) is 4.96. The van der Waals surface area contributed by atoms with Crippen molar-refractivity contribution < 1.29 is 14.8 Å². The van der Waals surface area contributed by atoms with Crippen LogP contribution in [0.1, 0.15) is 18.4 Å². The van der Waals surface area contributed by atoms with Crippen molar-refractivity contribution in [2.75, 3.05) is 6.54 Å². The Morgan fingerprint density at radius 2 is 2.16 bits per heavy atom. The van der Waals surface area contributed by atoms with Gasteiger partial charge in [0, 0.05) is 0 Å². The van der Waals surface area contributed by atoms with Crippen LogP contribution in [0.2, 0.25) is 0 Å². The summed E-state index contributed by atoms with van der Waals surface area (Å²) < 4.78 is 0. The minimum atomic E-state index is -1.56. The van der Waals surface area contributed by atoms with Crippen molar-refractivity contribution in [3.8, 4) is 0 Å². The molecule has 5 nitrogen and oxygen atoms in total. The van der Waals surface area contributed by atoms with Crippen LogP contribution in [-0.4, -0.2) is 41.6 Å². The molecule has 1 aromatic carbocycles. The summed E-state index contributed by atoms with van der Waals surface area (Å²) in [6.07, 6.45) is 2.17. The normalized spacial score (nSPS) is 20.0. The molecule has 19 heavy (non-hydrogen) atoms. The second-order valence-corrected chi connectivity index (χ2v) is 4.87. The SMILES string of the molecule is O=C(N[C@@H](Cc1ccccc1)B(O)O)[C@@H]1CCCN1. The fourth-order valence-corrected chi connectivity index (χ4v) is 2.29. The van der Waals surface area contributed by atoms with Crippen molar-refractivity contribution >= 4 is 13.0 Å². The third-order valence-corrected chi connectivity index (χ3v) is 3.36. The van der Waals surface area contributed by atoms with Gasteiger partial charge in [-0.25, -0.2) is 0 Å². The van der Waals surface area contributed by atoms with Gasteiger partial charge >= 0.3 is 7.12 Å². The zero-order chi connectivity index (χ0) is 13.7. The van der Waals surface area contributed by atoms with E-state index in [1.165, 1.54) is 0 Å². The van der Waals surface area contributed by atoms with E-state index in [4.69, 9.17) is 0 Å². The quantitative estimate of drug-likeness (QED) is 0.538. The van der Waals surface area contributed by atoms with Crippen LogP contribution in [0.4, 0.5) is 0 Å². The van der Waals surface area contributed by atoms with Gasteiger partial charge in [0.25, 0.3) is 0 Å². The second kappa shape index (κ2) is 6.70. The number of nitrogens with one attached hydrogen (secondary N) is 2. The molecule has 1 heterocycles. The van der Waals surface area contributed by atoms with Gasteiger partial charge in [0.2, 0.25) is 5.91 Å². The Balaban J connectivity index is 1.94. The highest BCUT2D eigenvalue weighted by molar-refractivity contribution is 6.43. The Hall–Kier alpha value is -1.37. The molecular weight excluding hydrogens is 243 g/mol. The van der Waals surface area contributed by atoms with Crippen LogP contribution >= 0.6 is 0 Å². The number of carbonyl (C=O) groups excluding carboxylic acids is 1. The summed E-state index contributed by atoms with van der Waals surface area (Å²) in [5, 5.41) is 24.6. The van der Waals surface area contributed by atoms with E-state index in [-0.39, 0.29) is 11.9 Å². The number of carbonyl (C=O) groups is 1. The van der Waals surface area contributed by atoms with Crippen LogP contribution in [0.5, 0.6) is 0 Å². The highest BCUT2D eigenvalue weighted by atomic mass is 16.4. The summed E-state index contributed by atoms with van der Waals surface area (Å²) in [7, 11) is -1.56. The van der Waals surface area contributed by atoms with E-state index in [9.17, 15) is 14.8 Å². The molecule has 1 aliphatic heterocycles. The highest BCUT2D eigenvalue weighted by Crippen LogP contribution is 2.08. The van der Waals surface area contributed by atoms with E-state index < -0.39 is 13.1 Å². The molecule has 0 saturated carbocycles. The number of hydrogen-bond acceptors (Lipinski definition) is 4. The monoisotopic (exact) mass is 262 g/mol. The first-order valence-electron chi connectivity index (χ1n) is 6.60. The molecule has 1 aromatic rings. The Morgan fingerprint density at radius 1 is 1.42 bits per heavy atom. The molecule has 0 unspecified atom stereocenters. The third-order valence-electron chi connectivity index (χ3n) is 3.36. The molecule has 4 N–H and O–H groups in total. The fraction of sp³-hybridized carbons (Fsp3) is 0.462. The predicted molar refractivity (Wildman–Crippen MR) is 73.3 cm³/mol. The van der Waals surface area contributed by atoms with Crippen molar-refractivity contribution in [2.45, 2.75) is 31.2 Å². The van der Waals surface area contributed by atoms with E-state index >= 15 is 0 Å². The summed E-state index contributed by atoms with van der Waals surface area (Å²) in [4.78, 5) is 12.0. The molecule has 0 aliphatic carbocycles. The van der Waals surface area contributed by atoms with Gasteiger partial charge in [-0.1, -0.05) is 30.3 Å². The molecule has 0 bridgehead atoms. The van der Waals surface area contributed by atoms with Crippen LogP contribution in [-0.2, 0) is 11.2 Å². The summed E-state index contributed by atoms with van der Waals surface area (Å²) >= 11 is 0. The fourth-order valence-electron chi connectivity index (χ4n) is 2.29. The summed E-state index contributed by atoms with van der Waals surface area (Å²) in [6.45, 7) is 0.836. The number of rotatable bonds is 5. The van der Waals surface area contributed by atoms with Gasteiger partial charge in [-0.15, -0.1) is 0 Å². The minimum absolute atomic E-state index is 0.161.